The van der Waals surface area contributed by atoms with Crippen LogP contribution < -0.4 is 10.6 Å². The molecule has 0 unspecified atom stereocenters. The number of nitrogens with one attached hydrogen (secondary N) is 2. The third-order valence-electron chi connectivity index (χ3n) is 3.22. The van der Waals surface area contributed by atoms with Crippen molar-refractivity contribution in [3.05, 3.63) is 35.6 Å². The topological polar surface area (TPSA) is 45.7 Å². The Balaban J connectivity index is 1.63. The maximum atomic E-state index is 13.5. The minimum absolute atomic E-state index is 0.205. The van der Waals surface area contributed by atoms with Crippen LogP contribution in [0.4, 0.5) is 4.39 Å². The Labute approximate surface area is 119 Å². The number of hydrogen-bond donors (Lipinski definition) is 2. The van der Waals surface area contributed by atoms with Gasteiger partial charge < -0.3 is 15.4 Å². The number of benzene rings is 1. The Morgan fingerprint density at radius 1 is 1.35 bits per heavy atom. The number of guanidine groups is 1. The van der Waals surface area contributed by atoms with Gasteiger partial charge in [-0.05, 0) is 24.8 Å². The predicted octanol–water partition coefficient (Wildman–Crippen LogP) is 1.92. The molecular weight excluding hydrogens is 257 g/mol. The minimum atomic E-state index is -0.205. The van der Waals surface area contributed by atoms with Crippen LogP contribution in [-0.4, -0.2) is 32.8 Å². The van der Waals surface area contributed by atoms with E-state index in [9.17, 15) is 4.39 Å². The Kier molecular flexibility index (Phi) is 5.80. The highest BCUT2D eigenvalue weighted by Crippen LogP contribution is 2.28. The van der Waals surface area contributed by atoms with Crippen molar-refractivity contribution < 1.29 is 9.13 Å². The van der Waals surface area contributed by atoms with Gasteiger partial charge in [0.2, 0.25) is 0 Å². The van der Waals surface area contributed by atoms with Crippen molar-refractivity contribution >= 4 is 5.96 Å². The number of ether oxygens (including phenoxy) is 1. The molecule has 110 valence electrons. The molecular formula is C15H22FN3O. The molecule has 1 aliphatic carbocycles. The van der Waals surface area contributed by atoms with Crippen molar-refractivity contribution in [2.45, 2.75) is 19.4 Å². The fourth-order valence-corrected chi connectivity index (χ4v) is 1.82. The zero-order valence-electron chi connectivity index (χ0n) is 11.9. The summed E-state index contributed by atoms with van der Waals surface area (Å²) in [6.45, 7) is 2.64. The second kappa shape index (κ2) is 7.85. The molecule has 0 atom stereocenters. The lowest BCUT2D eigenvalue weighted by Crippen LogP contribution is -2.38. The molecule has 1 aromatic carbocycles. The van der Waals surface area contributed by atoms with Crippen molar-refractivity contribution in [1.82, 2.24) is 10.6 Å². The summed E-state index contributed by atoms with van der Waals surface area (Å²) >= 11 is 0. The largest absolute Gasteiger partial charge is 0.379 e. The van der Waals surface area contributed by atoms with E-state index in [4.69, 9.17) is 4.74 Å². The Bertz CT molecular complexity index is 446. The maximum Gasteiger partial charge on any atom is 0.191 e. The maximum absolute atomic E-state index is 13.5. The van der Waals surface area contributed by atoms with E-state index in [0.29, 0.717) is 31.2 Å². The van der Waals surface area contributed by atoms with Gasteiger partial charge in [0.1, 0.15) is 5.82 Å². The molecule has 5 heteroatoms. The lowest BCUT2D eigenvalue weighted by Gasteiger charge is -2.12. The van der Waals surface area contributed by atoms with Crippen LogP contribution in [0.2, 0.25) is 0 Å². The summed E-state index contributed by atoms with van der Waals surface area (Å²) in [6.07, 6.45) is 2.61. The summed E-state index contributed by atoms with van der Waals surface area (Å²) in [4.78, 5) is 4.09. The summed E-state index contributed by atoms with van der Waals surface area (Å²) in [7, 11) is 1.70. The van der Waals surface area contributed by atoms with Crippen LogP contribution >= 0.6 is 0 Å². The second-order valence-corrected chi connectivity index (χ2v) is 4.96. The molecule has 0 heterocycles. The van der Waals surface area contributed by atoms with E-state index in [0.717, 1.165) is 12.5 Å². The molecule has 4 nitrogen and oxygen atoms in total. The molecule has 0 aromatic heterocycles. The summed E-state index contributed by atoms with van der Waals surface area (Å²) in [5, 5.41) is 6.23. The highest BCUT2D eigenvalue weighted by atomic mass is 19.1. The van der Waals surface area contributed by atoms with E-state index in [1.165, 1.54) is 18.9 Å². The van der Waals surface area contributed by atoms with Crippen LogP contribution in [-0.2, 0) is 11.3 Å². The lowest BCUT2D eigenvalue weighted by molar-refractivity contribution is 0.129. The van der Waals surface area contributed by atoms with Crippen molar-refractivity contribution in [3.8, 4) is 0 Å². The summed E-state index contributed by atoms with van der Waals surface area (Å²) in [6, 6.07) is 6.72. The molecule has 0 spiro atoms. The van der Waals surface area contributed by atoms with Crippen LogP contribution in [0.5, 0.6) is 0 Å². The molecule has 0 bridgehead atoms. The van der Waals surface area contributed by atoms with Gasteiger partial charge in [0, 0.05) is 32.3 Å². The van der Waals surface area contributed by atoms with E-state index in [2.05, 4.69) is 15.6 Å². The van der Waals surface area contributed by atoms with Crippen LogP contribution in [0.3, 0.4) is 0 Å². The molecule has 1 fully saturated rings. The monoisotopic (exact) mass is 279 g/mol. The van der Waals surface area contributed by atoms with E-state index in [1.807, 2.05) is 6.07 Å². The fraction of sp³-hybridized carbons (Fsp3) is 0.533. The Morgan fingerprint density at radius 3 is 2.85 bits per heavy atom. The van der Waals surface area contributed by atoms with Crippen molar-refractivity contribution in [2.24, 2.45) is 10.9 Å². The van der Waals surface area contributed by atoms with Crippen LogP contribution in [0.15, 0.2) is 29.3 Å². The van der Waals surface area contributed by atoms with E-state index < -0.39 is 0 Å². The number of hydrogen-bond acceptors (Lipinski definition) is 2. The van der Waals surface area contributed by atoms with Gasteiger partial charge in [-0.2, -0.15) is 0 Å². The summed E-state index contributed by atoms with van der Waals surface area (Å²) in [5.74, 6) is 1.24. The van der Waals surface area contributed by atoms with E-state index >= 15 is 0 Å². The smallest absolute Gasteiger partial charge is 0.191 e. The van der Waals surface area contributed by atoms with Gasteiger partial charge >= 0.3 is 0 Å². The van der Waals surface area contributed by atoms with Crippen molar-refractivity contribution in [3.63, 3.8) is 0 Å². The Morgan fingerprint density at radius 2 is 2.15 bits per heavy atom. The SMILES string of the molecule is CN=C(NCCOCC1CC1)NCc1ccccc1F. The standard InChI is InChI=1S/C15H22FN3O/c1-17-15(18-8-9-20-11-12-6-7-12)19-10-13-4-2-3-5-14(13)16/h2-5,12H,6-11H2,1H3,(H2,17,18,19). The highest BCUT2D eigenvalue weighted by Gasteiger charge is 2.20. The van der Waals surface area contributed by atoms with Crippen LogP contribution in [0, 0.1) is 11.7 Å². The van der Waals surface area contributed by atoms with Gasteiger partial charge in [-0.3, -0.25) is 4.99 Å². The van der Waals surface area contributed by atoms with Crippen molar-refractivity contribution in [2.75, 3.05) is 26.8 Å². The normalized spacial score (nSPS) is 15.2. The average molecular weight is 279 g/mol. The number of rotatable bonds is 7. The first-order chi connectivity index (χ1) is 9.79. The second-order valence-electron chi connectivity index (χ2n) is 4.96. The number of aliphatic imine (C=N–C) groups is 1. The predicted molar refractivity (Wildman–Crippen MR) is 78.1 cm³/mol. The van der Waals surface area contributed by atoms with E-state index in [-0.39, 0.29) is 5.82 Å². The first kappa shape index (κ1) is 14.8. The number of nitrogens with zero attached hydrogens (tertiary/aromatic N) is 1. The zero-order valence-corrected chi connectivity index (χ0v) is 11.9. The zero-order chi connectivity index (χ0) is 14.2. The molecule has 2 N–H and O–H groups in total. The van der Waals surface area contributed by atoms with Gasteiger partial charge in [0.05, 0.1) is 6.61 Å². The molecule has 0 radical (unpaired) electrons. The van der Waals surface area contributed by atoms with Crippen LogP contribution in [0.1, 0.15) is 18.4 Å². The van der Waals surface area contributed by atoms with Crippen LogP contribution in [0.25, 0.3) is 0 Å². The molecule has 2 rings (SSSR count). The third kappa shape index (κ3) is 5.17. The van der Waals surface area contributed by atoms with Gasteiger partial charge in [-0.15, -0.1) is 0 Å². The highest BCUT2D eigenvalue weighted by molar-refractivity contribution is 5.79. The fourth-order valence-electron chi connectivity index (χ4n) is 1.82. The van der Waals surface area contributed by atoms with E-state index in [1.54, 1.807) is 19.2 Å². The first-order valence-corrected chi connectivity index (χ1v) is 7.05. The molecule has 0 aliphatic heterocycles. The quantitative estimate of drug-likeness (QED) is 0.455. The molecule has 1 aliphatic rings. The van der Waals surface area contributed by atoms with Gasteiger partial charge in [0.25, 0.3) is 0 Å². The van der Waals surface area contributed by atoms with Gasteiger partial charge in [-0.25, -0.2) is 4.39 Å². The minimum Gasteiger partial charge on any atom is -0.379 e. The first-order valence-electron chi connectivity index (χ1n) is 7.05. The third-order valence-corrected chi connectivity index (χ3v) is 3.22. The lowest BCUT2D eigenvalue weighted by atomic mass is 10.2. The average Bonchev–Trinajstić information content (AvgIpc) is 3.27. The van der Waals surface area contributed by atoms with Gasteiger partial charge in [-0.1, -0.05) is 18.2 Å². The Hall–Kier alpha value is -1.62. The van der Waals surface area contributed by atoms with Gasteiger partial charge in [0.15, 0.2) is 5.96 Å². The summed E-state index contributed by atoms with van der Waals surface area (Å²) < 4.78 is 19.0. The molecule has 20 heavy (non-hydrogen) atoms. The molecule has 0 amide bonds. The molecule has 0 saturated heterocycles. The molecule has 1 saturated carbocycles. The summed E-state index contributed by atoms with van der Waals surface area (Å²) in [5.41, 5.74) is 0.625. The van der Waals surface area contributed by atoms with Crippen molar-refractivity contribution in [1.29, 1.82) is 0 Å². The number of halogens is 1. The molecule has 1 aromatic rings.